The molecule has 30 heavy (non-hydrogen) atoms. The summed E-state index contributed by atoms with van der Waals surface area (Å²) < 4.78 is 2.34. The molecular formula is C28H22N2. The van der Waals surface area contributed by atoms with Crippen LogP contribution >= 0.6 is 0 Å². The third-order valence-corrected chi connectivity index (χ3v) is 6.25. The van der Waals surface area contributed by atoms with Gasteiger partial charge >= 0.3 is 0 Å². The molecule has 0 aliphatic heterocycles. The van der Waals surface area contributed by atoms with Crippen LogP contribution in [-0.4, -0.2) is 9.55 Å². The smallest absolute Gasteiger partial charge is 0.146 e. The lowest BCUT2D eigenvalue weighted by Crippen LogP contribution is -2.02. The molecule has 1 aliphatic carbocycles. The summed E-state index contributed by atoms with van der Waals surface area (Å²) in [6.07, 6.45) is 6.54. The van der Waals surface area contributed by atoms with E-state index in [4.69, 9.17) is 4.98 Å². The zero-order valence-corrected chi connectivity index (χ0v) is 17.0. The Morgan fingerprint density at radius 1 is 0.733 bits per heavy atom. The minimum atomic E-state index is 0.987. The SMILES string of the molecule is Cc1c2ccccc2c(-c2nc3c(n2-c2ccccc2)C=CCC3)c2ccccc12. The van der Waals surface area contributed by atoms with Gasteiger partial charge in [-0.05, 0) is 65.1 Å². The second-order valence-corrected chi connectivity index (χ2v) is 7.97. The first-order chi connectivity index (χ1) is 14.8. The average Bonchev–Trinajstić information content (AvgIpc) is 3.19. The van der Waals surface area contributed by atoms with Crippen molar-refractivity contribution in [1.29, 1.82) is 0 Å². The summed E-state index contributed by atoms with van der Waals surface area (Å²) in [6.45, 7) is 2.23. The number of hydrogen-bond donors (Lipinski definition) is 0. The van der Waals surface area contributed by atoms with Crippen molar-refractivity contribution in [1.82, 2.24) is 9.55 Å². The minimum absolute atomic E-state index is 0.987. The van der Waals surface area contributed by atoms with E-state index in [9.17, 15) is 0 Å². The molecule has 0 unspecified atom stereocenters. The Kier molecular flexibility index (Phi) is 3.85. The molecule has 2 heteroatoms. The van der Waals surface area contributed by atoms with Gasteiger partial charge in [-0.25, -0.2) is 4.98 Å². The van der Waals surface area contributed by atoms with E-state index in [1.54, 1.807) is 0 Å². The van der Waals surface area contributed by atoms with Gasteiger partial charge in [-0.2, -0.15) is 0 Å². The number of hydrogen-bond acceptors (Lipinski definition) is 1. The fourth-order valence-electron chi connectivity index (χ4n) is 4.84. The van der Waals surface area contributed by atoms with Crippen LogP contribution in [0.5, 0.6) is 0 Å². The molecule has 0 fully saturated rings. The van der Waals surface area contributed by atoms with Crippen LogP contribution in [0.25, 0.3) is 44.7 Å². The zero-order valence-electron chi connectivity index (χ0n) is 17.0. The Morgan fingerprint density at radius 3 is 2.00 bits per heavy atom. The highest BCUT2D eigenvalue weighted by atomic mass is 15.1. The number of allylic oxidation sites excluding steroid dienone is 1. The van der Waals surface area contributed by atoms with E-state index in [0.29, 0.717) is 0 Å². The van der Waals surface area contributed by atoms with Gasteiger partial charge in [0.05, 0.1) is 11.4 Å². The van der Waals surface area contributed by atoms with Crippen molar-refractivity contribution in [2.45, 2.75) is 19.8 Å². The lowest BCUT2D eigenvalue weighted by atomic mass is 9.92. The van der Waals surface area contributed by atoms with Gasteiger partial charge in [-0.3, -0.25) is 4.57 Å². The lowest BCUT2D eigenvalue weighted by Gasteiger charge is -2.17. The Balaban J connectivity index is 1.81. The Hall–Kier alpha value is -3.65. The molecule has 1 aliphatic rings. The molecule has 0 bridgehead atoms. The molecule has 0 saturated carbocycles. The van der Waals surface area contributed by atoms with Crippen molar-refractivity contribution < 1.29 is 0 Å². The van der Waals surface area contributed by atoms with Crippen molar-refractivity contribution in [3.05, 3.63) is 102 Å². The lowest BCUT2D eigenvalue weighted by molar-refractivity contribution is 0.936. The molecule has 0 spiro atoms. The first-order valence-corrected chi connectivity index (χ1v) is 10.6. The second kappa shape index (κ2) is 6.70. The maximum Gasteiger partial charge on any atom is 0.146 e. The number of benzene rings is 4. The Labute approximate surface area is 176 Å². The van der Waals surface area contributed by atoms with Crippen molar-refractivity contribution >= 4 is 27.6 Å². The highest BCUT2D eigenvalue weighted by Crippen LogP contribution is 2.40. The molecule has 144 valence electrons. The zero-order chi connectivity index (χ0) is 20.1. The van der Waals surface area contributed by atoms with E-state index in [0.717, 1.165) is 24.4 Å². The Morgan fingerprint density at radius 2 is 1.33 bits per heavy atom. The van der Waals surface area contributed by atoms with E-state index >= 15 is 0 Å². The molecule has 4 aromatic carbocycles. The second-order valence-electron chi connectivity index (χ2n) is 7.97. The van der Waals surface area contributed by atoms with Crippen LogP contribution in [0, 0.1) is 6.92 Å². The number of imidazole rings is 1. The van der Waals surface area contributed by atoms with E-state index in [2.05, 4.69) is 103 Å². The number of rotatable bonds is 2. The summed E-state index contributed by atoms with van der Waals surface area (Å²) in [7, 11) is 0. The first-order valence-electron chi connectivity index (χ1n) is 10.6. The van der Waals surface area contributed by atoms with E-state index < -0.39 is 0 Å². The summed E-state index contributed by atoms with van der Waals surface area (Å²) in [5.74, 6) is 1.03. The predicted molar refractivity (Wildman–Crippen MR) is 126 cm³/mol. The Bertz CT molecular complexity index is 1380. The van der Waals surface area contributed by atoms with Crippen LogP contribution in [0.1, 0.15) is 23.4 Å². The average molecular weight is 386 g/mol. The first kappa shape index (κ1) is 17.2. The van der Waals surface area contributed by atoms with Crippen molar-refractivity contribution in [2.24, 2.45) is 0 Å². The molecule has 0 saturated heterocycles. The standard InChI is InChI=1S/C28H22N2/c1-19-21-13-5-7-15-23(21)27(24-16-8-6-14-22(19)24)28-29-25-17-9-10-18-26(25)30(28)20-11-3-2-4-12-20/h2-8,10-16,18H,9,17H2,1H3. The fourth-order valence-corrected chi connectivity index (χ4v) is 4.84. The molecular weight excluding hydrogens is 364 g/mol. The molecule has 0 amide bonds. The molecule has 0 atom stereocenters. The van der Waals surface area contributed by atoms with Gasteiger partial charge in [-0.1, -0.05) is 72.8 Å². The van der Waals surface area contributed by atoms with Crippen LogP contribution in [0.2, 0.25) is 0 Å². The summed E-state index contributed by atoms with van der Waals surface area (Å²) in [4.78, 5) is 5.24. The van der Waals surface area contributed by atoms with Crippen molar-refractivity contribution in [3.63, 3.8) is 0 Å². The topological polar surface area (TPSA) is 17.8 Å². The monoisotopic (exact) mass is 386 g/mol. The normalized spacial score (nSPS) is 13.1. The van der Waals surface area contributed by atoms with Crippen molar-refractivity contribution in [3.8, 4) is 17.1 Å². The highest BCUT2D eigenvalue weighted by molar-refractivity contribution is 6.14. The van der Waals surface area contributed by atoms with Crippen LogP contribution in [0.3, 0.4) is 0 Å². The van der Waals surface area contributed by atoms with Crippen LogP contribution in [0.4, 0.5) is 0 Å². The number of nitrogens with zero attached hydrogens (tertiary/aromatic N) is 2. The van der Waals surface area contributed by atoms with Gasteiger partial charge in [0.25, 0.3) is 0 Å². The van der Waals surface area contributed by atoms with Gasteiger partial charge in [0.15, 0.2) is 0 Å². The van der Waals surface area contributed by atoms with E-state index in [1.807, 2.05) is 0 Å². The van der Waals surface area contributed by atoms with Gasteiger partial charge in [0.2, 0.25) is 0 Å². The van der Waals surface area contributed by atoms with E-state index in [-0.39, 0.29) is 0 Å². The van der Waals surface area contributed by atoms with Crippen LogP contribution < -0.4 is 0 Å². The van der Waals surface area contributed by atoms with Crippen LogP contribution in [-0.2, 0) is 6.42 Å². The van der Waals surface area contributed by atoms with Gasteiger partial charge < -0.3 is 0 Å². The predicted octanol–water partition coefficient (Wildman–Crippen LogP) is 7.11. The largest absolute Gasteiger partial charge is 0.293 e. The fraction of sp³-hybridized carbons (Fsp3) is 0.107. The number of fused-ring (bicyclic) bond motifs is 3. The van der Waals surface area contributed by atoms with Crippen molar-refractivity contribution in [2.75, 3.05) is 0 Å². The molecule has 5 aromatic rings. The number of aromatic nitrogens is 2. The molecule has 6 rings (SSSR count). The summed E-state index contributed by atoms with van der Waals surface area (Å²) in [5, 5.41) is 5.11. The molecule has 2 nitrogen and oxygen atoms in total. The van der Waals surface area contributed by atoms with Crippen LogP contribution in [0.15, 0.2) is 84.9 Å². The summed E-state index contributed by atoms with van der Waals surface area (Å²) >= 11 is 0. The maximum absolute atomic E-state index is 5.24. The molecule has 1 heterocycles. The summed E-state index contributed by atoms with van der Waals surface area (Å²) in [6, 6.07) is 28.1. The quantitative estimate of drug-likeness (QED) is 0.296. The molecule has 0 N–H and O–H groups in total. The highest BCUT2D eigenvalue weighted by Gasteiger charge is 2.23. The van der Waals surface area contributed by atoms with Gasteiger partial charge in [0, 0.05) is 11.3 Å². The third kappa shape index (κ3) is 2.47. The van der Waals surface area contributed by atoms with E-state index in [1.165, 1.54) is 44.1 Å². The molecule has 1 aromatic heterocycles. The number of para-hydroxylation sites is 1. The number of aryl methyl sites for hydroxylation is 2. The third-order valence-electron chi connectivity index (χ3n) is 6.25. The minimum Gasteiger partial charge on any atom is -0.293 e. The molecule has 0 radical (unpaired) electrons. The van der Waals surface area contributed by atoms with Gasteiger partial charge in [-0.15, -0.1) is 0 Å². The van der Waals surface area contributed by atoms with Gasteiger partial charge in [0.1, 0.15) is 5.82 Å². The summed E-state index contributed by atoms with van der Waals surface area (Å²) in [5.41, 5.74) is 6.09. The maximum atomic E-state index is 5.24.